The fourth-order valence-electron chi connectivity index (χ4n) is 3.84. The number of carbonyl (C=O) groups excluding carboxylic acids is 1. The number of aryl methyl sites for hydroxylation is 1. The van der Waals surface area contributed by atoms with Crippen molar-refractivity contribution >= 4 is 28.3 Å². The van der Waals surface area contributed by atoms with Crippen molar-refractivity contribution in [2.45, 2.75) is 26.7 Å². The third-order valence-corrected chi connectivity index (χ3v) is 5.43. The van der Waals surface area contributed by atoms with Crippen LogP contribution in [-0.4, -0.2) is 30.6 Å². The fourth-order valence-corrected chi connectivity index (χ4v) is 3.84. The summed E-state index contributed by atoms with van der Waals surface area (Å²) in [4.78, 5) is 19.6. The number of rotatable bonds is 5. The third-order valence-electron chi connectivity index (χ3n) is 5.43. The largest absolute Gasteiger partial charge is 0.481 e. The second-order valence-corrected chi connectivity index (χ2v) is 7.84. The maximum absolute atomic E-state index is 12.4. The van der Waals surface area contributed by atoms with E-state index in [4.69, 9.17) is 9.72 Å². The molecule has 5 heteroatoms. The van der Waals surface area contributed by atoms with E-state index < -0.39 is 0 Å². The van der Waals surface area contributed by atoms with Gasteiger partial charge in [0, 0.05) is 24.2 Å². The van der Waals surface area contributed by atoms with Gasteiger partial charge in [-0.25, -0.2) is 4.98 Å². The van der Waals surface area contributed by atoms with Crippen LogP contribution in [0.2, 0.25) is 0 Å². The molecule has 0 bridgehead atoms. The Labute approximate surface area is 171 Å². The molecule has 2 heterocycles. The summed E-state index contributed by atoms with van der Waals surface area (Å²) in [7, 11) is 0. The summed E-state index contributed by atoms with van der Waals surface area (Å²) in [6.07, 6.45) is 2.46. The highest BCUT2D eigenvalue weighted by molar-refractivity contribution is 5.93. The topological polar surface area (TPSA) is 54.5 Å². The summed E-state index contributed by atoms with van der Waals surface area (Å²) < 4.78 is 5.86. The van der Waals surface area contributed by atoms with Crippen LogP contribution >= 0.6 is 0 Å². The molecule has 1 atom stereocenters. The molecule has 2 aromatic carbocycles. The van der Waals surface area contributed by atoms with Crippen molar-refractivity contribution in [3.8, 4) is 5.75 Å². The summed E-state index contributed by atoms with van der Waals surface area (Å²) in [5.41, 5.74) is 2.62. The van der Waals surface area contributed by atoms with E-state index in [1.165, 1.54) is 12.8 Å². The van der Waals surface area contributed by atoms with Gasteiger partial charge in [-0.1, -0.05) is 37.3 Å². The first-order chi connectivity index (χ1) is 14.1. The number of hydrogen-bond donors (Lipinski definition) is 1. The Morgan fingerprint density at radius 2 is 2.03 bits per heavy atom. The van der Waals surface area contributed by atoms with E-state index in [2.05, 4.69) is 29.3 Å². The summed E-state index contributed by atoms with van der Waals surface area (Å²) in [6.45, 7) is 6.26. The molecule has 0 saturated carbocycles. The highest BCUT2D eigenvalue weighted by Gasteiger charge is 2.18. The maximum atomic E-state index is 12.4. The van der Waals surface area contributed by atoms with Crippen LogP contribution < -0.4 is 15.0 Å². The number of amides is 1. The van der Waals surface area contributed by atoms with Crippen molar-refractivity contribution in [1.82, 2.24) is 4.98 Å². The number of nitrogens with zero attached hydrogens (tertiary/aromatic N) is 2. The van der Waals surface area contributed by atoms with Gasteiger partial charge < -0.3 is 15.0 Å². The molecule has 1 amide bonds. The number of nitrogens with one attached hydrogen (secondary N) is 1. The molecule has 4 rings (SSSR count). The minimum absolute atomic E-state index is 0.0555. The molecule has 0 spiro atoms. The maximum Gasteiger partial charge on any atom is 0.262 e. The third kappa shape index (κ3) is 4.50. The van der Waals surface area contributed by atoms with Gasteiger partial charge in [0.1, 0.15) is 17.1 Å². The second kappa shape index (κ2) is 8.52. The molecule has 1 aliphatic rings. The SMILES string of the molecule is Cc1ccccc1NC(=O)COc1cccc2ccc(N3CCC[C@H](C)C3)nc12. The number of anilines is 2. The molecule has 1 aliphatic heterocycles. The summed E-state index contributed by atoms with van der Waals surface area (Å²) in [5.74, 6) is 2.11. The van der Waals surface area contributed by atoms with Crippen LogP contribution in [0.1, 0.15) is 25.3 Å². The first-order valence-corrected chi connectivity index (χ1v) is 10.2. The van der Waals surface area contributed by atoms with Gasteiger partial charge in [-0.05, 0) is 55.5 Å². The number of pyridine rings is 1. The zero-order valence-corrected chi connectivity index (χ0v) is 17.0. The minimum Gasteiger partial charge on any atom is -0.481 e. The molecular formula is C24H27N3O2. The monoisotopic (exact) mass is 389 g/mol. The van der Waals surface area contributed by atoms with Crippen molar-refractivity contribution in [2.75, 3.05) is 29.9 Å². The Hall–Kier alpha value is -3.08. The van der Waals surface area contributed by atoms with Gasteiger partial charge in [0.2, 0.25) is 0 Å². The first kappa shape index (κ1) is 19.2. The molecule has 0 aliphatic carbocycles. The van der Waals surface area contributed by atoms with Crippen molar-refractivity contribution in [3.63, 3.8) is 0 Å². The van der Waals surface area contributed by atoms with Gasteiger partial charge in [0.15, 0.2) is 6.61 Å². The van der Waals surface area contributed by atoms with Gasteiger partial charge in [0.25, 0.3) is 5.91 Å². The molecule has 1 aromatic heterocycles. The lowest BCUT2D eigenvalue weighted by Gasteiger charge is -2.32. The lowest BCUT2D eigenvalue weighted by molar-refractivity contribution is -0.118. The molecule has 0 unspecified atom stereocenters. The number of ether oxygens (including phenoxy) is 1. The van der Waals surface area contributed by atoms with E-state index in [-0.39, 0.29) is 12.5 Å². The lowest BCUT2D eigenvalue weighted by atomic mass is 10.0. The molecule has 5 nitrogen and oxygen atoms in total. The van der Waals surface area contributed by atoms with Gasteiger partial charge in [-0.15, -0.1) is 0 Å². The van der Waals surface area contributed by atoms with E-state index in [1.807, 2.05) is 49.4 Å². The Balaban J connectivity index is 1.50. The van der Waals surface area contributed by atoms with Crippen molar-refractivity contribution in [3.05, 3.63) is 60.2 Å². The number of hydrogen-bond acceptors (Lipinski definition) is 4. The Morgan fingerprint density at radius 1 is 1.17 bits per heavy atom. The van der Waals surface area contributed by atoms with Crippen LogP contribution in [0.25, 0.3) is 10.9 Å². The molecule has 1 N–H and O–H groups in total. The van der Waals surface area contributed by atoms with E-state index in [0.29, 0.717) is 11.7 Å². The fraction of sp³-hybridized carbons (Fsp3) is 0.333. The van der Waals surface area contributed by atoms with Crippen LogP contribution in [0, 0.1) is 12.8 Å². The van der Waals surface area contributed by atoms with Crippen molar-refractivity contribution < 1.29 is 9.53 Å². The highest BCUT2D eigenvalue weighted by Crippen LogP contribution is 2.28. The van der Waals surface area contributed by atoms with E-state index >= 15 is 0 Å². The summed E-state index contributed by atoms with van der Waals surface area (Å²) >= 11 is 0. The molecule has 150 valence electrons. The first-order valence-electron chi connectivity index (χ1n) is 10.2. The van der Waals surface area contributed by atoms with Crippen LogP contribution in [0.15, 0.2) is 54.6 Å². The number of piperidine rings is 1. The normalized spacial score (nSPS) is 16.6. The molecule has 0 radical (unpaired) electrons. The van der Waals surface area contributed by atoms with Gasteiger partial charge in [-0.3, -0.25) is 4.79 Å². The Kier molecular flexibility index (Phi) is 5.65. The zero-order valence-electron chi connectivity index (χ0n) is 17.0. The summed E-state index contributed by atoms with van der Waals surface area (Å²) in [6, 6.07) is 17.7. The average Bonchev–Trinajstić information content (AvgIpc) is 2.73. The number of para-hydroxylation sites is 2. The molecule has 3 aromatic rings. The van der Waals surface area contributed by atoms with Crippen molar-refractivity contribution in [1.29, 1.82) is 0 Å². The van der Waals surface area contributed by atoms with Gasteiger partial charge in [0.05, 0.1) is 0 Å². The van der Waals surface area contributed by atoms with E-state index in [1.54, 1.807) is 0 Å². The quantitative estimate of drug-likeness (QED) is 0.681. The van der Waals surface area contributed by atoms with E-state index in [9.17, 15) is 4.79 Å². The van der Waals surface area contributed by atoms with Gasteiger partial charge >= 0.3 is 0 Å². The molecule has 29 heavy (non-hydrogen) atoms. The van der Waals surface area contributed by atoms with E-state index in [0.717, 1.165) is 41.1 Å². The standard InChI is InChI=1S/C24H27N3O2/c1-17-7-6-14-27(15-17)22-13-12-19-9-5-11-21(24(19)26-22)29-16-23(28)25-20-10-4-3-8-18(20)2/h3-5,8-13,17H,6-7,14-16H2,1-2H3,(H,25,28)/t17-/m0/s1. The second-order valence-electron chi connectivity index (χ2n) is 7.84. The van der Waals surface area contributed by atoms with Crippen LogP contribution in [0.3, 0.4) is 0 Å². The van der Waals surface area contributed by atoms with Gasteiger partial charge in [-0.2, -0.15) is 0 Å². The van der Waals surface area contributed by atoms with Crippen LogP contribution in [0.5, 0.6) is 5.75 Å². The number of aromatic nitrogens is 1. The predicted octanol–water partition coefficient (Wildman–Crippen LogP) is 4.80. The lowest BCUT2D eigenvalue weighted by Crippen LogP contribution is -2.34. The zero-order chi connectivity index (χ0) is 20.2. The van der Waals surface area contributed by atoms with Crippen LogP contribution in [-0.2, 0) is 4.79 Å². The number of benzene rings is 2. The molecule has 1 saturated heterocycles. The summed E-state index contributed by atoms with van der Waals surface area (Å²) in [5, 5.41) is 3.91. The minimum atomic E-state index is -0.183. The number of carbonyl (C=O) groups is 1. The van der Waals surface area contributed by atoms with Crippen molar-refractivity contribution in [2.24, 2.45) is 5.92 Å². The number of fused-ring (bicyclic) bond motifs is 1. The predicted molar refractivity (Wildman–Crippen MR) is 118 cm³/mol. The average molecular weight is 389 g/mol. The smallest absolute Gasteiger partial charge is 0.262 e. The molecule has 1 fully saturated rings. The molecular weight excluding hydrogens is 362 g/mol. The highest BCUT2D eigenvalue weighted by atomic mass is 16.5. The Morgan fingerprint density at radius 3 is 2.86 bits per heavy atom. The van der Waals surface area contributed by atoms with Crippen LogP contribution in [0.4, 0.5) is 11.5 Å². The Bertz CT molecular complexity index is 1020.